The minimum Gasteiger partial charge on any atom is -0.480 e. The smallest absolute Gasteiger partial charge is 0.327 e. The maximum atomic E-state index is 10.8. The van der Waals surface area contributed by atoms with Crippen molar-refractivity contribution in [2.75, 3.05) is 6.54 Å². The predicted molar refractivity (Wildman–Crippen MR) is 76.3 cm³/mol. The fourth-order valence-corrected chi connectivity index (χ4v) is 1.40. The van der Waals surface area contributed by atoms with E-state index in [0.717, 1.165) is 5.12 Å². The Kier molecular flexibility index (Phi) is 5.11. The first-order valence-electron chi connectivity index (χ1n) is 6.17. The molecule has 7 nitrogen and oxygen atoms in total. The molecule has 0 unspecified atom stereocenters. The molecule has 0 aliphatic rings. The zero-order chi connectivity index (χ0) is 14.9. The fourth-order valence-electron chi connectivity index (χ4n) is 1.40. The Morgan fingerprint density at radius 1 is 0.857 bits per heavy atom. The van der Waals surface area contributed by atoms with Gasteiger partial charge in [-0.3, -0.25) is 4.79 Å². The van der Waals surface area contributed by atoms with Crippen molar-refractivity contribution in [1.82, 2.24) is 5.12 Å². The van der Waals surface area contributed by atoms with Gasteiger partial charge in [0.05, 0.1) is 11.4 Å². The van der Waals surface area contributed by atoms with Gasteiger partial charge in [-0.2, -0.15) is 0 Å². The predicted octanol–water partition coefficient (Wildman–Crippen LogP) is 3.77. The van der Waals surface area contributed by atoms with Crippen molar-refractivity contribution >= 4 is 17.3 Å². The summed E-state index contributed by atoms with van der Waals surface area (Å²) >= 11 is 0. The molecule has 1 N–H and O–H groups in total. The standard InChI is InChI=1S/C14H13N5O2/c20-14(21)11-19(17-15-12-7-3-1-4-8-12)18-16-13-9-5-2-6-10-13/h1-10H,11H2,(H,20,21). The topological polar surface area (TPSA) is 90.0 Å². The van der Waals surface area contributed by atoms with Gasteiger partial charge in [0.15, 0.2) is 6.54 Å². The molecule has 2 rings (SSSR count). The molecule has 0 saturated carbocycles. The maximum absolute atomic E-state index is 10.8. The van der Waals surface area contributed by atoms with E-state index in [1.807, 2.05) is 12.1 Å². The van der Waals surface area contributed by atoms with Crippen molar-refractivity contribution in [3.05, 3.63) is 60.7 Å². The molecule has 0 radical (unpaired) electrons. The lowest BCUT2D eigenvalue weighted by atomic mass is 10.3. The lowest BCUT2D eigenvalue weighted by molar-refractivity contribution is -0.138. The number of benzene rings is 2. The summed E-state index contributed by atoms with van der Waals surface area (Å²) in [5.74, 6) is -1.07. The Hall–Kier alpha value is -3.09. The van der Waals surface area contributed by atoms with Gasteiger partial charge < -0.3 is 5.11 Å². The summed E-state index contributed by atoms with van der Waals surface area (Å²) in [5, 5.41) is 25.1. The molecule has 0 fully saturated rings. The molecule has 2 aromatic carbocycles. The first-order valence-corrected chi connectivity index (χ1v) is 6.17. The number of hydrogen-bond donors (Lipinski definition) is 1. The van der Waals surface area contributed by atoms with Crippen LogP contribution in [0.15, 0.2) is 81.3 Å². The molecule has 0 bridgehead atoms. The number of carboxylic acids is 1. The second kappa shape index (κ2) is 7.49. The molecular formula is C14H13N5O2. The molecule has 2 aromatic rings. The summed E-state index contributed by atoms with van der Waals surface area (Å²) in [5.41, 5.74) is 1.20. The lowest BCUT2D eigenvalue weighted by Gasteiger charge is -2.06. The average molecular weight is 283 g/mol. The summed E-state index contributed by atoms with van der Waals surface area (Å²) in [4.78, 5) is 10.8. The van der Waals surface area contributed by atoms with Crippen LogP contribution >= 0.6 is 0 Å². The summed E-state index contributed by atoms with van der Waals surface area (Å²) in [7, 11) is 0. The van der Waals surface area contributed by atoms with Gasteiger partial charge in [0.2, 0.25) is 0 Å². The lowest BCUT2D eigenvalue weighted by Crippen LogP contribution is -2.18. The molecule has 7 heteroatoms. The monoisotopic (exact) mass is 283 g/mol. The molecule has 21 heavy (non-hydrogen) atoms. The van der Waals surface area contributed by atoms with Crippen molar-refractivity contribution in [1.29, 1.82) is 0 Å². The van der Waals surface area contributed by atoms with Gasteiger partial charge in [-0.05, 0) is 34.7 Å². The number of carboxylic acid groups (broad SMARTS) is 1. The van der Waals surface area contributed by atoms with Crippen LogP contribution in [0.25, 0.3) is 0 Å². The van der Waals surface area contributed by atoms with Crippen LogP contribution in [0.2, 0.25) is 0 Å². The molecule has 0 aliphatic carbocycles. The number of nitrogens with zero attached hydrogens (tertiary/aromatic N) is 5. The van der Waals surface area contributed by atoms with E-state index in [9.17, 15) is 4.79 Å². The third kappa shape index (κ3) is 5.19. The first-order chi connectivity index (χ1) is 10.2. The van der Waals surface area contributed by atoms with Crippen LogP contribution in [-0.2, 0) is 4.79 Å². The average Bonchev–Trinajstić information content (AvgIpc) is 2.51. The van der Waals surface area contributed by atoms with Gasteiger partial charge in [-0.1, -0.05) is 36.4 Å². The molecule has 0 saturated heterocycles. The van der Waals surface area contributed by atoms with Crippen LogP contribution in [0.5, 0.6) is 0 Å². The van der Waals surface area contributed by atoms with Gasteiger partial charge in [0, 0.05) is 0 Å². The zero-order valence-corrected chi connectivity index (χ0v) is 11.1. The van der Waals surface area contributed by atoms with E-state index in [2.05, 4.69) is 20.7 Å². The van der Waals surface area contributed by atoms with E-state index in [0.29, 0.717) is 11.4 Å². The second-order valence-corrected chi connectivity index (χ2v) is 3.97. The largest absolute Gasteiger partial charge is 0.480 e. The molecule has 0 atom stereocenters. The van der Waals surface area contributed by atoms with Gasteiger partial charge in [0.1, 0.15) is 0 Å². The van der Waals surface area contributed by atoms with E-state index in [4.69, 9.17) is 5.11 Å². The molecule has 0 amide bonds. The Morgan fingerprint density at radius 2 is 1.29 bits per heavy atom. The molecule has 106 valence electrons. The van der Waals surface area contributed by atoms with Crippen molar-refractivity contribution in [3.63, 3.8) is 0 Å². The SMILES string of the molecule is O=C(O)CN(N=Nc1ccccc1)N=Nc1ccccc1. The van der Waals surface area contributed by atoms with Crippen LogP contribution in [0, 0.1) is 0 Å². The van der Waals surface area contributed by atoms with Crippen LogP contribution in [0.4, 0.5) is 11.4 Å². The van der Waals surface area contributed by atoms with Crippen molar-refractivity contribution in [2.45, 2.75) is 0 Å². The van der Waals surface area contributed by atoms with Gasteiger partial charge in [0.25, 0.3) is 0 Å². The van der Waals surface area contributed by atoms with E-state index in [-0.39, 0.29) is 0 Å². The highest BCUT2D eigenvalue weighted by Gasteiger charge is 2.06. The van der Waals surface area contributed by atoms with Gasteiger partial charge >= 0.3 is 5.97 Å². The van der Waals surface area contributed by atoms with Crippen molar-refractivity contribution < 1.29 is 9.90 Å². The molecule has 0 aromatic heterocycles. The number of carbonyl (C=O) groups is 1. The molecule has 0 heterocycles. The van der Waals surface area contributed by atoms with Crippen molar-refractivity contribution in [3.8, 4) is 0 Å². The van der Waals surface area contributed by atoms with Crippen LogP contribution in [0.1, 0.15) is 0 Å². The minimum atomic E-state index is -1.07. The normalized spacial score (nSPS) is 11.0. The highest BCUT2D eigenvalue weighted by Crippen LogP contribution is 2.13. The summed E-state index contributed by atoms with van der Waals surface area (Å²) in [6.07, 6.45) is 0. The summed E-state index contributed by atoms with van der Waals surface area (Å²) in [6, 6.07) is 17.9. The third-order valence-electron chi connectivity index (χ3n) is 2.32. The number of rotatable bonds is 6. The van der Waals surface area contributed by atoms with Gasteiger partial charge in [-0.25, -0.2) is 0 Å². The Morgan fingerprint density at radius 3 is 1.67 bits per heavy atom. The zero-order valence-electron chi connectivity index (χ0n) is 11.1. The third-order valence-corrected chi connectivity index (χ3v) is 2.32. The fraction of sp³-hybridized carbons (Fsp3) is 0.0714. The Balaban J connectivity index is 2.09. The Bertz CT molecular complexity index is 579. The molecular weight excluding hydrogens is 270 g/mol. The molecule has 0 spiro atoms. The first kappa shape index (κ1) is 14.3. The van der Waals surface area contributed by atoms with E-state index >= 15 is 0 Å². The van der Waals surface area contributed by atoms with E-state index in [1.54, 1.807) is 48.5 Å². The minimum absolute atomic E-state index is 0.424. The number of aliphatic carboxylic acids is 1. The van der Waals surface area contributed by atoms with E-state index < -0.39 is 12.5 Å². The quantitative estimate of drug-likeness (QED) is 0.646. The summed E-state index contributed by atoms with van der Waals surface area (Å²) < 4.78 is 0. The van der Waals surface area contributed by atoms with Crippen LogP contribution in [0.3, 0.4) is 0 Å². The van der Waals surface area contributed by atoms with Crippen LogP contribution < -0.4 is 0 Å². The van der Waals surface area contributed by atoms with Gasteiger partial charge in [-0.15, -0.1) is 15.3 Å². The highest BCUT2D eigenvalue weighted by atomic mass is 16.4. The Labute approximate surface area is 121 Å². The maximum Gasteiger partial charge on any atom is 0.327 e. The summed E-state index contributed by atoms with van der Waals surface area (Å²) in [6.45, 7) is -0.424. The molecule has 0 aliphatic heterocycles. The van der Waals surface area contributed by atoms with Crippen molar-refractivity contribution in [2.24, 2.45) is 20.7 Å². The number of hydrogen-bond acceptors (Lipinski definition) is 5. The van der Waals surface area contributed by atoms with E-state index in [1.165, 1.54) is 0 Å². The van der Waals surface area contributed by atoms with Crippen LogP contribution in [-0.4, -0.2) is 22.7 Å². The second-order valence-electron chi connectivity index (χ2n) is 3.97. The highest BCUT2D eigenvalue weighted by molar-refractivity contribution is 5.68.